The fourth-order valence-corrected chi connectivity index (χ4v) is 3.42. The van der Waals surface area contributed by atoms with Gasteiger partial charge in [-0.05, 0) is 34.1 Å². The van der Waals surface area contributed by atoms with Gasteiger partial charge >= 0.3 is 5.97 Å². The number of anilines is 1. The monoisotopic (exact) mass is 346 g/mol. The van der Waals surface area contributed by atoms with E-state index in [1.807, 2.05) is 0 Å². The van der Waals surface area contributed by atoms with Gasteiger partial charge in [0.05, 0.1) is 11.8 Å². The zero-order valence-electron chi connectivity index (χ0n) is 9.20. The van der Waals surface area contributed by atoms with Gasteiger partial charge in [0, 0.05) is 4.47 Å². The summed E-state index contributed by atoms with van der Waals surface area (Å²) >= 11 is 3.03. The number of aromatic nitrogens is 1. The first-order valence-electron chi connectivity index (χ1n) is 4.85. The van der Waals surface area contributed by atoms with Crippen molar-refractivity contribution in [2.24, 2.45) is 0 Å². The van der Waals surface area contributed by atoms with Crippen molar-refractivity contribution in [2.45, 2.75) is 4.90 Å². The minimum atomic E-state index is -3.85. The number of hydrogen-bond donors (Lipinski definition) is 2. The van der Waals surface area contributed by atoms with Gasteiger partial charge in [-0.1, -0.05) is 5.16 Å². The number of nitrogens with one attached hydrogen (secondary N) is 1. The van der Waals surface area contributed by atoms with Gasteiger partial charge in [0.15, 0.2) is 0 Å². The average molecular weight is 347 g/mol. The van der Waals surface area contributed by atoms with E-state index in [0.29, 0.717) is 0 Å². The fraction of sp³-hybridized carbons (Fsp3) is 0. The summed E-state index contributed by atoms with van der Waals surface area (Å²) in [5.74, 6) is -1.14. The van der Waals surface area contributed by atoms with Crippen molar-refractivity contribution in [2.75, 3.05) is 4.72 Å². The summed E-state index contributed by atoms with van der Waals surface area (Å²) in [5.41, 5.74) is 0.157. The Balaban J connectivity index is 2.38. The molecule has 2 N–H and O–H groups in total. The predicted molar refractivity (Wildman–Crippen MR) is 68.4 cm³/mol. The predicted octanol–water partition coefficient (Wildman–Crippen LogP) is 1.94. The molecule has 0 aliphatic rings. The number of aromatic carboxylic acids is 1. The Bertz CT molecular complexity index is 712. The molecule has 0 aliphatic heterocycles. The fourth-order valence-electron chi connectivity index (χ4n) is 1.32. The second-order valence-electron chi connectivity index (χ2n) is 3.47. The Labute approximate surface area is 116 Å². The van der Waals surface area contributed by atoms with E-state index in [9.17, 15) is 13.2 Å². The molecule has 0 bridgehead atoms. The lowest BCUT2D eigenvalue weighted by atomic mass is 10.2. The Morgan fingerprint density at radius 2 is 2.16 bits per heavy atom. The van der Waals surface area contributed by atoms with Gasteiger partial charge in [-0.15, -0.1) is 0 Å². The number of halogens is 1. The lowest BCUT2D eigenvalue weighted by molar-refractivity contribution is 0.0696. The molecule has 0 radical (unpaired) electrons. The Morgan fingerprint density at radius 3 is 2.68 bits per heavy atom. The van der Waals surface area contributed by atoms with E-state index in [1.165, 1.54) is 24.4 Å². The van der Waals surface area contributed by atoms with E-state index in [1.54, 1.807) is 0 Å². The molecule has 19 heavy (non-hydrogen) atoms. The van der Waals surface area contributed by atoms with Gasteiger partial charge < -0.3 is 9.63 Å². The molecule has 100 valence electrons. The van der Waals surface area contributed by atoms with Crippen LogP contribution in [0, 0.1) is 0 Å². The zero-order valence-corrected chi connectivity index (χ0v) is 11.6. The van der Waals surface area contributed by atoms with Crippen LogP contribution in [0.3, 0.4) is 0 Å². The van der Waals surface area contributed by atoms with Crippen LogP contribution in [-0.2, 0) is 10.0 Å². The first-order chi connectivity index (χ1) is 8.90. The minimum Gasteiger partial charge on any atom is -0.478 e. The third-order valence-corrected chi connectivity index (χ3v) is 4.51. The number of sulfonamides is 1. The van der Waals surface area contributed by atoms with Crippen LogP contribution < -0.4 is 4.72 Å². The van der Waals surface area contributed by atoms with E-state index < -0.39 is 16.0 Å². The molecule has 0 atom stereocenters. The summed E-state index contributed by atoms with van der Waals surface area (Å²) < 4.78 is 31.0. The van der Waals surface area contributed by atoms with Gasteiger partial charge in [0.1, 0.15) is 16.8 Å². The van der Waals surface area contributed by atoms with E-state index in [2.05, 4.69) is 30.3 Å². The van der Waals surface area contributed by atoms with Gasteiger partial charge in [0.25, 0.3) is 10.0 Å². The highest BCUT2D eigenvalue weighted by Gasteiger charge is 2.19. The number of hydrogen-bond acceptors (Lipinski definition) is 5. The maximum absolute atomic E-state index is 12.0. The third kappa shape index (κ3) is 2.93. The summed E-state index contributed by atoms with van der Waals surface area (Å²) in [4.78, 5) is 10.7. The number of benzene rings is 1. The largest absolute Gasteiger partial charge is 0.478 e. The molecule has 0 spiro atoms. The maximum atomic E-state index is 12.0. The Hall–Kier alpha value is -1.87. The molecular weight excluding hydrogens is 340 g/mol. The highest BCUT2D eigenvalue weighted by atomic mass is 79.9. The molecule has 1 aromatic heterocycles. The average Bonchev–Trinajstić information content (AvgIpc) is 2.80. The molecule has 0 fully saturated rings. The van der Waals surface area contributed by atoms with E-state index >= 15 is 0 Å². The van der Waals surface area contributed by atoms with Crippen LogP contribution in [0.4, 0.5) is 5.69 Å². The molecule has 0 saturated heterocycles. The maximum Gasteiger partial charge on any atom is 0.335 e. The molecule has 9 heteroatoms. The number of rotatable bonds is 4. The SMILES string of the molecule is O=C(O)c1ccc(S(=O)(=O)Nc2cnoc2)c(Br)c1. The van der Waals surface area contributed by atoms with Crippen molar-refractivity contribution >= 4 is 37.6 Å². The van der Waals surface area contributed by atoms with Crippen molar-refractivity contribution in [3.63, 3.8) is 0 Å². The van der Waals surface area contributed by atoms with E-state index in [4.69, 9.17) is 5.11 Å². The molecule has 1 aromatic carbocycles. The first kappa shape index (κ1) is 13.6. The van der Waals surface area contributed by atoms with Crippen LogP contribution in [0.25, 0.3) is 0 Å². The Kier molecular flexibility index (Phi) is 3.58. The molecule has 1 heterocycles. The van der Waals surface area contributed by atoms with Crippen LogP contribution in [0.15, 0.2) is 44.6 Å². The number of carboxylic acids is 1. The second kappa shape index (κ2) is 5.02. The quantitative estimate of drug-likeness (QED) is 0.875. The normalized spacial score (nSPS) is 11.2. The third-order valence-electron chi connectivity index (χ3n) is 2.15. The summed E-state index contributed by atoms with van der Waals surface area (Å²) in [6.07, 6.45) is 2.34. The zero-order chi connectivity index (χ0) is 14.0. The van der Waals surface area contributed by atoms with Crippen LogP contribution >= 0.6 is 15.9 Å². The molecule has 7 nitrogen and oxygen atoms in total. The van der Waals surface area contributed by atoms with Gasteiger partial charge in [-0.3, -0.25) is 4.72 Å². The van der Waals surface area contributed by atoms with Gasteiger partial charge in [-0.25, -0.2) is 13.2 Å². The molecule has 0 aliphatic carbocycles. The second-order valence-corrected chi connectivity index (χ2v) is 5.97. The van der Waals surface area contributed by atoms with Crippen molar-refractivity contribution in [1.82, 2.24) is 5.16 Å². The highest BCUT2D eigenvalue weighted by molar-refractivity contribution is 9.10. The van der Waals surface area contributed by atoms with Gasteiger partial charge in [0.2, 0.25) is 0 Å². The molecular formula is C10H7BrN2O5S. The summed E-state index contributed by atoms with van der Waals surface area (Å²) in [6, 6.07) is 3.61. The van der Waals surface area contributed by atoms with Crippen molar-refractivity contribution in [1.29, 1.82) is 0 Å². The molecule has 0 amide bonds. The van der Waals surface area contributed by atoms with Gasteiger partial charge in [-0.2, -0.15) is 0 Å². The minimum absolute atomic E-state index is 0.0178. The topological polar surface area (TPSA) is 110 Å². The Morgan fingerprint density at radius 1 is 1.42 bits per heavy atom. The number of nitrogens with zero attached hydrogens (tertiary/aromatic N) is 1. The van der Waals surface area contributed by atoms with Crippen LogP contribution in [0.5, 0.6) is 0 Å². The lowest BCUT2D eigenvalue weighted by Gasteiger charge is -2.08. The van der Waals surface area contributed by atoms with Crippen molar-refractivity contribution in [3.05, 3.63) is 40.7 Å². The van der Waals surface area contributed by atoms with Crippen molar-refractivity contribution < 1.29 is 22.8 Å². The standard InChI is InChI=1S/C10H7BrN2O5S/c11-8-3-6(10(14)15)1-2-9(8)19(16,17)13-7-4-12-18-5-7/h1-5,13H,(H,14,15). The van der Waals surface area contributed by atoms with E-state index in [-0.39, 0.29) is 20.6 Å². The highest BCUT2D eigenvalue weighted by Crippen LogP contribution is 2.25. The smallest absolute Gasteiger partial charge is 0.335 e. The summed E-state index contributed by atoms with van der Waals surface area (Å²) in [5, 5.41) is 12.2. The van der Waals surface area contributed by atoms with Crippen LogP contribution in [0.2, 0.25) is 0 Å². The number of carbonyl (C=O) groups is 1. The summed E-state index contributed by atoms with van der Waals surface area (Å²) in [6.45, 7) is 0. The molecule has 2 rings (SSSR count). The van der Waals surface area contributed by atoms with E-state index in [0.717, 1.165) is 6.26 Å². The lowest BCUT2D eigenvalue weighted by Crippen LogP contribution is -2.13. The van der Waals surface area contributed by atoms with Crippen LogP contribution in [-0.4, -0.2) is 24.7 Å². The summed E-state index contributed by atoms with van der Waals surface area (Å²) in [7, 11) is -3.85. The number of carboxylic acid groups (broad SMARTS) is 1. The molecule has 0 unspecified atom stereocenters. The van der Waals surface area contributed by atoms with Crippen molar-refractivity contribution in [3.8, 4) is 0 Å². The van der Waals surface area contributed by atoms with Crippen LogP contribution in [0.1, 0.15) is 10.4 Å². The molecule has 2 aromatic rings. The molecule has 0 saturated carbocycles. The first-order valence-corrected chi connectivity index (χ1v) is 7.13.